The van der Waals surface area contributed by atoms with Crippen molar-refractivity contribution < 1.29 is 4.79 Å². The van der Waals surface area contributed by atoms with Crippen LogP contribution in [0.1, 0.15) is 34.4 Å². The highest BCUT2D eigenvalue weighted by Gasteiger charge is 2.27. The summed E-state index contributed by atoms with van der Waals surface area (Å²) < 4.78 is 3.31. The summed E-state index contributed by atoms with van der Waals surface area (Å²) in [5.74, 6) is 0.995. The van der Waals surface area contributed by atoms with Crippen molar-refractivity contribution in [1.29, 1.82) is 0 Å². The monoisotopic (exact) mass is 439 g/mol. The number of rotatable bonds is 3. The number of aromatic nitrogens is 4. The van der Waals surface area contributed by atoms with Crippen molar-refractivity contribution in [3.8, 4) is 11.4 Å². The van der Waals surface area contributed by atoms with E-state index >= 15 is 0 Å². The third-order valence-electron chi connectivity index (χ3n) is 6.88. The number of hydrogen-bond acceptors (Lipinski definition) is 4. The van der Waals surface area contributed by atoms with Crippen molar-refractivity contribution in [1.82, 2.24) is 24.1 Å². The van der Waals surface area contributed by atoms with E-state index in [0.29, 0.717) is 24.7 Å². The number of nitrogens with zero attached hydrogens (tertiary/aromatic N) is 5. The lowest BCUT2D eigenvalue weighted by molar-refractivity contribution is -0.132. The number of carbonyl (C=O) groups excluding carboxylic acids is 1. The van der Waals surface area contributed by atoms with Crippen LogP contribution < -0.4 is 5.56 Å². The minimum Gasteiger partial charge on any atom is -0.336 e. The van der Waals surface area contributed by atoms with Crippen molar-refractivity contribution in [2.75, 3.05) is 6.54 Å². The number of aryl methyl sites for hydroxylation is 1. The second kappa shape index (κ2) is 7.69. The van der Waals surface area contributed by atoms with Crippen molar-refractivity contribution in [2.24, 2.45) is 0 Å². The Labute approximate surface area is 191 Å². The van der Waals surface area contributed by atoms with Crippen LogP contribution in [0.15, 0.2) is 53.3 Å². The van der Waals surface area contributed by atoms with Gasteiger partial charge in [0.25, 0.3) is 5.56 Å². The van der Waals surface area contributed by atoms with E-state index in [-0.39, 0.29) is 18.0 Å². The molecule has 2 aromatic heterocycles. The highest BCUT2D eigenvalue weighted by molar-refractivity contribution is 5.77. The summed E-state index contributed by atoms with van der Waals surface area (Å²) in [7, 11) is 0. The van der Waals surface area contributed by atoms with Gasteiger partial charge in [-0.2, -0.15) is 9.50 Å². The summed E-state index contributed by atoms with van der Waals surface area (Å²) in [6, 6.07) is 16.2. The molecule has 0 atom stereocenters. The molecule has 0 spiro atoms. The van der Waals surface area contributed by atoms with Crippen molar-refractivity contribution >= 4 is 11.7 Å². The fraction of sp³-hybridized carbons (Fsp3) is 0.308. The molecule has 0 N–H and O–H groups in total. The summed E-state index contributed by atoms with van der Waals surface area (Å²) in [4.78, 5) is 33.2. The van der Waals surface area contributed by atoms with E-state index < -0.39 is 0 Å². The largest absolute Gasteiger partial charge is 0.336 e. The molecule has 1 aliphatic carbocycles. The zero-order chi connectivity index (χ0) is 22.5. The molecule has 0 unspecified atom stereocenters. The number of fused-ring (bicyclic) bond motifs is 3. The molecule has 166 valence electrons. The van der Waals surface area contributed by atoms with E-state index in [2.05, 4.69) is 17.2 Å². The Morgan fingerprint density at radius 2 is 1.79 bits per heavy atom. The molecule has 3 heterocycles. The molecular formula is C26H25N5O2. The standard InChI is InChI=1S/C26H25N5O2/c1-17-9-11-19(12-10-17)24-27-26-30(22-8-4-7-21(22)25(33)31(26)28-24)16-23(32)29-14-13-18-5-2-3-6-20(18)15-29/h2-3,5-6,9-12H,4,7-8,13-16H2,1H3. The maximum atomic E-state index is 13.4. The summed E-state index contributed by atoms with van der Waals surface area (Å²) in [6.07, 6.45) is 3.27. The molecule has 6 rings (SSSR count). The average Bonchev–Trinajstić information content (AvgIpc) is 3.50. The van der Waals surface area contributed by atoms with E-state index in [0.717, 1.165) is 48.1 Å². The zero-order valence-electron chi connectivity index (χ0n) is 18.6. The highest BCUT2D eigenvalue weighted by Crippen LogP contribution is 2.24. The summed E-state index contributed by atoms with van der Waals surface area (Å²) >= 11 is 0. The molecular weight excluding hydrogens is 414 g/mol. The molecule has 0 bridgehead atoms. The molecule has 4 aromatic rings. The summed E-state index contributed by atoms with van der Waals surface area (Å²) in [5, 5.41) is 4.55. The van der Waals surface area contributed by atoms with Crippen LogP contribution in [-0.4, -0.2) is 36.5 Å². The minimum absolute atomic E-state index is 0.0454. The quantitative estimate of drug-likeness (QED) is 0.492. The van der Waals surface area contributed by atoms with Crippen LogP contribution in [0.25, 0.3) is 17.2 Å². The van der Waals surface area contributed by atoms with Crippen LogP contribution in [0.5, 0.6) is 0 Å². The Morgan fingerprint density at radius 3 is 2.61 bits per heavy atom. The van der Waals surface area contributed by atoms with Gasteiger partial charge in [-0.15, -0.1) is 5.10 Å². The first-order chi connectivity index (χ1) is 16.1. The molecule has 2 aliphatic rings. The van der Waals surface area contributed by atoms with Gasteiger partial charge in [0.1, 0.15) is 6.54 Å². The Balaban J connectivity index is 1.40. The van der Waals surface area contributed by atoms with Crippen molar-refractivity contribution in [3.63, 3.8) is 0 Å². The van der Waals surface area contributed by atoms with Crippen molar-refractivity contribution in [3.05, 3.63) is 86.8 Å². The second-order valence-corrected chi connectivity index (χ2v) is 9.02. The second-order valence-electron chi connectivity index (χ2n) is 9.02. The fourth-order valence-corrected chi connectivity index (χ4v) is 5.05. The average molecular weight is 440 g/mol. The first-order valence-corrected chi connectivity index (χ1v) is 11.5. The van der Waals surface area contributed by atoms with E-state index in [1.54, 1.807) is 0 Å². The van der Waals surface area contributed by atoms with Crippen molar-refractivity contribution in [2.45, 2.75) is 45.7 Å². The normalized spacial score (nSPS) is 15.0. The molecule has 0 saturated heterocycles. The molecule has 1 amide bonds. The van der Waals surface area contributed by atoms with Gasteiger partial charge in [0, 0.05) is 29.9 Å². The predicted octanol–water partition coefficient (Wildman–Crippen LogP) is 2.94. The highest BCUT2D eigenvalue weighted by atomic mass is 16.2. The van der Waals surface area contributed by atoms with Gasteiger partial charge in [-0.05, 0) is 43.7 Å². The third kappa shape index (κ3) is 3.35. The first kappa shape index (κ1) is 19.9. The van der Waals surface area contributed by atoms with Crippen LogP contribution in [0, 0.1) is 6.92 Å². The van der Waals surface area contributed by atoms with Crippen LogP contribution in [0.3, 0.4) is 0 Å². The van der Waals surface area contributed by atoms with Gasteiger partial charge < -0.3 is 9.47 Å². The summed E-state index contributed by atoms with van der Waals surface area (Å²) in [5.41, 5.74) is 6.11. The lowest BCUT2D eigenvalue weighted by Gasteiger charge is -2.29. The molecule has 33 heavy (non-hydrogen) atoms. The maximum Gasteiger partial charge on any atom is 0.279 e. The molecule has 0 fully saturated rings. The molecule has 7 heteroatoms. The third-order valence-corrected chi connectivity index (χ3v) is 6.88. The van der Waals surface area contributed by atoms with Crippen LogP contribution in [-0.2, 0) is 37.1 Å². The van der Waals surface area contributed by atoms with Crippen LogP contribution in [0.2, 0.25) is 0 Å². The molecule has 1 aliphatic heterocycles. The lowest BCUT2D eigenvalue weighted by Crippen LogP contribution is -2.39. The van der Waals surface area contributed by atoms with Crippen LogP contribution in [0.4, 0.5) is 0 Å². The zero-order valence-corrected chi connectivity index (χ0v) is 18.6. The van der Waals surface area contributed by atoms with Gasteiger partial charge in [0.15, 0.2) is 5.82 Å². The smallest absolute Gasteiger partial charge is 0.279 e. The molecule has 2 aromatic carbocycles. The van der Waals surface area contributed by atoms with Crippen LogP contribution >= 0.6 is 0 Å². The Kier molecular flexibility index (Phi) is 4.64. The van der Waals surface area contributed by atoms with Gasteiger partial charge in [-0.25, -0.2) is 0 Å². The van der Waals surface area contributed by atoms with Gasteiger partial charge in [-0.1, -0.05) is 54.1 Å². The Hall–Kier alpha value is -3.74. The topological polar surface area (TPSA) is 72.5 Å². The number of benzene rings is 2. The lowest BCUT2D eigenvalue weighted by atomic mass is 10.00. The maximum absolute atomic E-state index is 13.4. The Morgan fingerprint density at radius 1 is 1.00 bits per heavy atom. The van der Waals surface area contributed by atoms with Gasteiger partial charge >= 0.3 is 0 Å². The summed E-state index contributed by atoms with van der Waals surface area (Å²) in [6.45, 7) is 3.52. The fourth-order valence-electron chi connectivity index (χ4n) is 5.05. The molecule has 0 radical (unpaired) electrons. The molecule has 7 nitrogen and oxygen atoms in total. The number of carbonyl (C=O) groups is 1. The number of hydrogen-bond donors (Lipinski definition) is 0. The van der Waals surface area contributed by atoms with Gasteiger partial charge in [0.05, 0.1) is 0 Å². The molecule has 0 saturated carbocycles. The van der Waals surface area contributed by atoms with E-state index in [1.165, 1.54) is 15.6 Å². The SMILES string of the molecule is Cc1ccc(-c2nc3n(CC(=O)N4CCc5ccccc5C4)c4c(c(=O)n3n2)CCC4)cc1. The van der Waals surface area contributed by atoms with Gasteiger partial charge in [-0.3, -0.25) is 9.59 Å². The first-order valence-electron chi connectivity index (χ1n) is 11.5. The minimum atomic E-state index is -0.112. The predicted molar refractivity (Wildman–Crippen MR) is 125 cm³/mol. The van der Waals surface area contributed by atoms with E-state index in [1.807, 2.05) is 52.8 Å². The van der Waals surface area contributed by atoms with Gasteiger partial charge in [0.2, 0.25) is 11.7 Å². The van der Waals surface area contributed by atoms with E-state index in [4.69, 9.17) is 4.98 Å². The number of amides is 1. The van der Waals surface area contributed by atoms with E-state index in [9.17, 15) is 9.59 Å². The Bertz CT molecular complexity index is 1450.